The van der Waals surface area contributed by atoms with Gasteiger partial charge in [-0.05, 0) is 43.2 Å². The number of nitrogens with one attached hydrogen (secondary N) is 4. The molecule has 0 aliphatic carbocycles. The Morgan fingerprint density at radius 2 is 2.09 bits per heavy atom. The van der Waals surface area contributed by atoms with Gasteiger partial charge in [0, 0.05) is 48.5 Å². The molecule has 0 fully saturated rings. The first-order valence-electron chi connectivity index (χ1n) is 10.8. The van der Waals surface area contributed by atoms with Gasteiger partial charge in [-0.2, -0.15) is 0 Å². The molecule has 170 valence electrons. The average molecular weight is 440 g/mol. The Morgan fingerprint density at radius 3 is 2.75 bits per heavy atom. The van der Waals surface area contributed by atoms with Crippen molar-refractivity contribution in [1.29, 1.82) is 5.41 Å². The van der Waals surface area contributed by atoms with Crippen molar-refractivity contribution in [2.75, 3.05) is 29.1 Å². The fraction of sp³-hybridized carbons (Fsp3) is 0.320. The number of nitrogens with zero attached hydrogens (tertiary/aromatic N) is 1. The summed E-state index contributed by atoms with van der Waals surface area (Å²) < 4.78 is 28.1. The van der Waals surface area contributed by atoms with E-state index < -0.39 is 6.43 Å². The zero-order chi connectivity index (χ0) is 23.3. The second kappa shape index (κ2) is 10.3. The van der Waals surface area contributed by atoms with Gasteiger partial charge < -0.3 is 26.3 Å². The number of allylic oxidation sites excluding steroid dienone is 1. The summed E-state index contributed by atoms with van der Waals surface area (Å²) in [5.41, 5.74) is 5.02. The van der Waals surface area contributed by atoms with Crippen LogP contribution in [0.3, 0.4) is 0 Å². The zero-order valence-corrected chi connectivity index (χ0v) is 18.8. The number of unbranched alkanes of at least 4 members (excludes halogenated alkanes) is 1. The largest absolute Gasteiger partial charge is 0.393 e. The molecule has 1 atom stereocenters. The summed E-state index contributed by atoms with van der Waals surface area (Å²) in [6.07, 6.45) is 1.87. The molecule has 7 heteroatoms. The molecule has 4 N–H and O–H groups in total. The summed E-state index contributed by atoms with van der Waals surface area (Å²) in [6.45, 7) is 8.89. The number of benzene rings is 2. The Balaban J connectivity index is 2.13. The quantitative estimate of drug-likeness (QED) is 0.336. The Morgan fingerprint density at radius 1 is 1.31 bits per heavy atom. The third-order valence-electron chi connectivity index (χ3n) is 5.60. The molecule has 3 rings (SSSR count). The summed E-state index contributed by atoms with van der Waals surface area (Å²) in [5, 5.41) is 17.3. The van der Waals surface area contributed by atoms with Crippen LogP contribution < -0.4 is 20.9 Å². The van der Waals surface area contributed by atoms with Crippen LogP contribution in [0, 0.1) is 5.41 Å². The highest BCUT2D eigenvalue weighted by Gasteiger charge is 2.24. The maximum atomic E-state index is 14.1. The van der Waals surface area contributed by atoms with Gasteiger partial charge in [0.05, 0.1) is 23.1 Å². The lowest BCUT2D eigenvalue weighted by molar-refractivity contribution is 0.151. The predicted octanol–water partition coefficient (Wildman–Crippen LogP) is 6.51. The van der Waals surface area contributed by atoms with Crippen LogP contribution in [0.2, 0.25) is 0 Å². The molecule has 1 aliphatic heterocycles. The van der Waals surface area contributed by atoms with Gasteiger partial charge in [0.2, 0.25) is 0 Å². The van der Waals surface area contributed by atoms with E-state index in [1.54, 1.807) is 25.4 Å². The highest BCUT2D eigenvalue weighted by atomic mass is 19.3. The molecule has 0 bridgehead atoms. The average Bonchev–Trinajstić information content (AvgIpc) is 2.78. The third-order valence-corrected chi connectivity index (χ3v) is 5.60. The van der Waals surface area contributed by atoms with Crippen LogP contribution in [-0.2, 0) is 0 Å². The molecule has 32 heavy (non-hydrogen) atoms. The normalized spacial score (nSPS) is 15.6. The number of halogens is 2. The number of fused-ring (bicyclic) bond motifs is 1. The van der Waals surface area contributed by atoms with Gasteiger partial charge in [-0.3, -0.25) is 0 Å². The number of alkyl halides is 2. The van der Waals surface area contributed by atoms with Gasteiger partial charge in [0.1, 0.15) is 0 Å². The van der Waals surface area contributed by atoms with E-state index in [9.17, 15) is 8.78 Å². The van der Waals surface area contributed by atoms with Crippen LogP contribution in [0.4, 0.5) is 31.5 Å². The Kier molecular flexibility index (Phi) is 7.51. The molecular formula is C25H31F2N5. The first-order valence-corrected chi connectivity index (χ1v) is 10.8. The van der Waals surface area contributed by atoms with E-state index in [-0.39, 0.29) is 11.6 Å². The lowest BCUT2D eigenvalue weighted by atomic mass is 9.99. The molecule has 5 nitrogen and oxygen atoms in total. The van der Waals surface area contributed by atoms with E-state index in [2.05, 4.69) is 34.4 Å². The summed E-state index contributed by atoms with van der Waals surface area (Å²) in [4.78, 5) is 2.08. The number of para-hydroxylation sites is 1. The first kappa shape index (κ1) is 23.3. The number of rotatable bonds is 9. The number of hydrogen-bond acceptors (Lipinski definition) is 5. The molecule has 0 amide bonds. The molecule has 0 aromatic heterocycles. The van der Waals surface area contributed by atoms with Crippen LogP contribution in [0.15, 0.2) is 54.9 Å². The van der Waals surface area contributed by atoms with E-state index in [1.165, 1.54) is 0 Å². The van der Waals surface area contributed by atoms with Gasteiger partial charge >= 0.3 is 0 Å². The van der Waals surface area contributed by atoms with Crippen molar-refractivity contribution in [2.45, 2.75) is 39.2 Å². The van der Waals surface area contributed by atoms with Gasteiger partial charge in [0.25, 0.3) is 6.43 Å². The van der Waals surface area contributed by atoms with Gasteiger partial charge in [-0.25, -0.2) is 8.78 Å². The molecule has 2 aromatic rings. The van der Waals surface area contributed by atoms with E-state index in [4.69, 9.17) is 5.41 Å². The van der Waals surface area contributed by atoms with Gasteiger partial charge in [-0.1, -0.05) is 32.1 Å². The maximum absolute atomic E-state index is 14.1. The molecular weight excluding hydrogens is 408 g/mol. The second-order valence-electron chi connectivity index (χ2n) is 7.83. The summed E-state index contributed by atoms with van der Waals surface area (Å²) in [6, 6.07) is 11.0. The van der Waals surface area contributed by atoms with E-state index in [0.717, 1.165) is 41.8 Å². The molecule has 0 saturated heterocycles. The standard InChI is InChI=1S/C25H31F2N5/c1-5-6-12-32(23-9-7-8-22-24(23)31-17(3)16(2)30-22)19-10-11-20(18(14-28)15-29-4)21(13-19)25(26)27/h7-11,13-15,17,25,28-31H,2,5-6,12H2,1,3-4H3/b18-15+,28-14?. The molecule has 2 aromatic carbocycles. The lowest BCUT2D eigenvalue weighted by Gasteiger charge is -2.34. The van der Waals surface area contributed by atoms with Crippen LogP contribution in [0.25, 0.3) is 5.57 Å². The monoisotopic (exact) mass is 439 g/mol. The first-order chi connectivity index (χ1) is 15.4. The van der Waals surface area contributed by atoms with Gasteiger partial charge in [0.15, 0.2) is 0 Å². The van der Waals surface area contributed by atoms with Crippen LogP contribution in [0.1, 0.15) is 44.2 Å². The minimum atomic E-state index is -2.66. The van der Waals surface area contributed by atoms with E-state index in [0.29, 0.717) is 23.4 Å². The SMILES string of the molecule is C=C1Nc2cccc(N(CCCC)c3ccc(/C(C=N)=C/NC)c(C(F)F)c3)c2NC1C. The fourth-order valence-electron chi connectivity index (χ4n) is 3.82. The number of hydrogen-bond donors (Lipinski definition) is 4. The van der Waals surface area contributed by atoms with Crippen molar-refractivity contribution in [3.8, 4) is 0 Å². The lowest BCUT2D eigenvalue weighted by Crippen LogP contribution is -2.29. The zero-order valence-electron chi connectivity index (χ0n) is 18.8. The van der Waals surface area contributed by atoms with Crippen molar-refractivity contribution >= 4 is 34.5 Å². The molecule has 0 spiro atoms. The summed E-state index contributed by atoms with van der Waals surface area (Å²) in [5.74, 6) is 0. The minimum absolute atomic E-state index is 0.0394. The molecule has 0 saturated carbocycles. The Labute approximate surface area is 188 Å². The Bertz CT molecular complexity index is 1020. The molecule has 1 unspecified atom stereocenters. The minimum Gasteiger partial charge on any atom is -0.393 e. The van der Waals surface area contributed by atoms with Crippen LogP contribution in [0.5, 0.6) is 0 Å². The van der Waals surface area contributed by atoms with Crippen molar-refractivity contribution < 1.29 is 8.78 Å². The third kappa shape index (κ3) is 4.77. The number of anilines is 4. The van der Waals surface area contributed by atoms with E-state index >= 15 is 0 Å². The second-order valence-corrected chi connectivity index (χ2v) is 7.83. The Hall–Kier alpha value is -3.35. The highest BCUT2D eigenvalue weighted by molar-refractivity contribution is 6.09. The summed E-state index contributed by atoms with van der Waals surface area (Å²) >= 11 is 0. The molecule has 1 aliphatic rings. The van der Waals surface area contributed by atoms with Crippen molar-refractivity contribution in [3.63, 3.8) is 0 Å². The fourth-order valence-corrected chi connectivity index (χ4v) is 3.82. The van der Waals surface area contributed by atoms with Crippen LogP contribution in [-0.4, -0.2) is 25.8 Å². The highest BCUT2D eigenvalue weighted by Crippen LogP contribution is 2.42. The molecule has 1 heterocycles. The van der Waals surface area contributed by atoms with Crippen molar-refractivity contribution in [1.82, 2.24) is 5.32 Å². The maximum Gasteiger partial charge on any atom is 0.264 e. The van der Waals surface area contributed by atoms with Crippen molar-refractivity contribution in [2.24, 2.45) is 0 Å². The van der Waals surface area contributed by atoms with Gasteiger partial charge in [-0.15, -0.1) is 0 Å². The van der Waals surface area contributed by atoms with Crippen LogP contribution >= 0.6 is 0 Å². The topological polar surface area (TPSA) is 63.2 Å². The smallest absolute Gasteiger partial charge is 0.264 e. The predicted molar refractivity (Wildman–Crippen MR) is 131 cm³/mol. The van der Waals surface area contributed by atoms with E-state index in [1.807, 2.05) is 31.2 Å². The molecule has 0 radical (unpaired) electrons. The van der Waals surface area contributed by atoms with Crippen molar-refractivity contribution in [3.05, 3.63) is 66.0 Å². The summed E-state index contributed by atoms with van der Waals surface area (Å²) in [7, 11) is 1.68.